The van der Waals surface area contributed by atoms with Gasteiger partial charge in [-0.25, -0.2) is 0 Å². The Morgan fingerprint density at radius 2 is 2.06 bits per heavy atom. The molecule has 0 fully saturated rings. The highest BCUT2D eigenvalue weighted by atomic mass is 79.9. The van der Waals surface area contributed by atoms with Gasteiger partial charge in [-0.05, 0) is 50.1 Å². The topological polar surface area (TPSA) is 35.2 Å². The number of rotatable bonds is 4. The molecule has 0 aliphatic heterocycles. The predicted octanol–water partition coefficient (Wildman–Crippen LogP) is 4.35. The van der Waals surface area contributed by atoms with E-state index in [1.54, 1.807) is 11.3 Å². The first-order valence-corrected chi connectivity index (χ1v) is 7.52. The summed E-state index contributed by atoms with van der Waals surface area (Å²) in [6, 6.07) is 9.82. The first-order chi connectivity index (χ1) is 8.20. The third-order valence-corrected chi connectivity index (χ3v) is 4.67. The van der Waals surface area contributed by atoms with Crippen molar-refractivity contribution in [3.63, 3.8) is 0 Å². The Labute approximate surface area is 121 Å². The molecule has 90 valence electrons. The lowest BCUT2D eigenvalue weighted by atomic mass is 10.3. The molecule has 5 heteroatoms. The van der Waals surface area contributed by atoms with Gasteiger partial charge in [-0.3, -0.25) is 0 Å². The molecule has 2 N–H and O–H groups in total. The molecule has 1 aromatic heterocycles. The fourth-order valence-electron chi connectivity index (χ4n) is 1.41. The van der Waals surface area contributed by atoms with Crippen LogP contribution in [0.25, 0.3) is 0 Å². The van der Waals surface area contributed by atoms with Crippen LogP contribution in [0.15, 0.2) is 44.7 Å². The standard InChI is InChI=1S/C12H11Br2NOS/c13-8-5-12(17-7-8)11(6-15)16-10-4-2-1-3-9(10)14/h1-5,7,11H,6,15H2. The molecule has 0 saturated carbocycles. The second kappa shape index (κ2) is 6.00. The summed E-state index contributed by atoms with van der Waals surface area (Å²) in [5.74, 6) is 0.812. The van der Waals surface area contributed by atoms with Gasteiger partial charge in [-0.15, -0.1) is 11.3 Å². The van der Waals surface area contributed by atoms with E-state index in [0.717, 1.165) is 19.6 Å². The summed E-state index contributed by atoms with van der Waals surface area (Å²) in [6.07, 6.45) is -0.106. The van der Waals surface area contributed by atoms with Crippen LogP contribution < -0.4 is 10.5 Å². The van der Waals surface area contributed by atoms with E-state index in [0.29, 0.717) is 6.54 Å². The van der Waals surface area contributed by atoms with Crippen LogP contribution in [-0.4, -0.2) is 6.54 Å². The molecule has 0 spiro atoms. The Morgan fingerprint density at radius 3 is 2.65 bits per heavy atom. The van der Waals surface area contributed by atoms with Gasteiger partial charge in [-0.1, -0.05) is 12.1 Å². The number of halogens is 2. The zero-order valence-corrected chi connectivity index (χ0v) is 12.9. The Kier molecular flexibility index (Phi) is 4.62. The molecule has 1 atom stereocenters. The minimum absolute atomic E-state index is 0.106. The van der Waals surface area contributed by atoms with Crippen molar-refractivity contribution in [2.45, 2.75) is 6.10 Å². The highest BCUT2D eigenvalue weighted by molar-refractivity contribution is 9.10. The number of hydrogen-bond acceptors (Lipinski definition) is 3. The van der Waals surface area contributed by atoms with Crippen LogP contribution in [0, 0.1) is 0 Å². The lowest BCUT2D eigenvalue weighted by Crippen LogP contribution is -2.17. The van der Waals surface area contributed by atoms with E-state index in [2.05, 4.69) is 31.9 Å². The Hall–Kier alpha value is -0.360. The SMILES string of the molecule is NCC(Oc1ccccc1Br)c1cc(Br)cs1. The maximum atomic E-state index is 5.91. The Bertz CT molecular complexity index is 501. The van der Waals surface area contributed by atoms with Gasteiger partial charge < -0.3 is 10.5 Å². The monoisotopic (exact) mass is 375 g/mol. The number of thiophene rings is 1. The van der Waals surface area contributed by atoms with Crippen molar-refractivity contribution >= 4 is 43.2 Å². The molecular weight excluding hydrogens is 366 g/mol. The van der Waals surface area contributed by atoms with Crippen LogP contribution >= 0.6 is 43.2 Å². The van der Waals surface area contributed by atoms with Crippen molar-refractivity contribution in [1.82, 2.24) is 0 Å². The van der Waals surface area contributed by atoms with E-state index in [1.165, 1.54) is 0 Å². The van der Waals surface area contributed by atoms with Gasteiger partial charge in [0.1, 0.15) is 11.9 Å². The molecule has 0 radical (unpaired) electrons. The van der Waals surface area contributed by atoms with Crippen molar-refractivity contribution in [2.24, 2.45) is 5.73 Å². The summed E-state index contributed by atoms with van der Waals surface area (Å²) in [5.41, 5.74) is 5.76. The number of benzene rings is 1. The highest BCUT2D eigenvalue weighted by Crippen LogP contribution is 2.32. The van der Waals surface area contributed by atoms with Crippen molar-refractivity contribution < 1.29 is 4.74 Å². The molecule has 0 aliphatic rings. The van der Waals surface area contributed by atoms with Crippen molar-refractivity contribution in [1.29, 1.82) is 0 Å². The minimum Gasteiger partial charge on any atom is -0.482 e. The van der Waals surface area contributed by atoms with Crippen molar-refractivity contribution in [3.8, 4) is 5.75 Å². The molecule has 0 bridgehead atoms. The van der Waals surface area contributed by atoms with E-state index in [9.17, 15) is 0 Å². The van der Waals surface area contributed by atoms with Gasteiger partial charge >= 0.3 is 0 Å². The molecule has 17 heavy (non-hydrogen) atoms. The summed E-state index contributed by atoms with van der Waals surface area (Å²) in [7, 11) is 0. The predicted molar refractivity (Wildman–Crippen MR) is 78.6 cm³/mol. The summed E-state index contributed by atoms with van der Waals surface area (Å²) in [5, 5.41) is 2.03. The van der Waals surface area contributed by atoms with E-state index < -0.39 is 0 Å². The third-order valence-electron chi connectivity index (χ3n) is 2.23. The van der Waals surface area contributed by atoms with E-state index in [-0.39, 0.29) is 6.10 Å². The summed E-state index contributed by atoms with van der Waals surface area (Å²) < 4.78 is 7.91. The van der Waals surface area contributed by atoms with Crippen molar-refractivity contribution in [2.75, 3.05) is 6.54 Å². The van der Waals surface area contributed by atoms with Gasteiger partial charge in [0.25, 0.3) is 0 Å². The summed E-state index contributed by atoms with van der Waals surface area (Å²) in [4.78, 5) is 1.12. The second-order valence-corrected chi connectivity index (χ2v) is 6.15. The zero-order chi connectivity index (χ0) is 12.3. The lowest BCUT2D eigenvalue weighted by Gasteiger charge is -2.16. The smallest absolute Gasteiger partial charge is 0.145 e. The van der Waals surface area contributed by atoms with Gasteiger partial charge in [0, 0.05) is 21.3 Å². The lowest BCUT2D eigenvalue weighted by molar-refractivity contribution is 0.216. The van der Waals surface area contributed by atoms with Crippen LogP contribution in [0.4, 0.5) is 0 Å². The third kappa shape index (κ3) is 3.31. The minimum atomic E-state index is -0.106. The molecule has 2 nitrogen and oxygen atoms in total. The summed E-state index contributed by atoms with van der Waals surface area (Å²) >= 11 is 8.53. The fraction of sp³-hybridized carbons (Fsp3) is 0.167. The van der Waals surface area contributed by atoms with Gasteiger partial charge in [0.05, 0.1) is 4.47 Å². The Morgan fingerprint density at radius 1 is 1.29 bits per heavy atom. The number of hydrogen-bond donors (Lipinski definition) is 1. The molecule has 2 aromatic rings. The van der Waals surface area contributed by atoms with Gasteiger partial charge in [0.15, 0.2) is 0 Å². The van der Waals surface area contributed by atoms with Crippen LogP contribution in [0.2, 0.25) is 0 Å². The fourth-order valence-corrected chi connectivity index (χ4v) is 3.28. The molecule has 0 amide bonds. The van der Waals surface area contributed by atoms with E-state index in [4.69, 9.17) is 10.5 Å². The largest absolute Gasteiger partial charge is 0.482 e. The molecule has 0 aliphatic carbocycles. The quantitative estimate of drug-likeness (QED) is 0.860. The molecule has 1 heterocycles. The van der Waals surface area contributed by atoms with Crippen LogP contribution in [0.1, 0.15) is 11.0 Å². The molecule has 1 unspecified atom stereocenters. The van der Waals surface area contributed by atoms with Crippen LogP contribution in [-0.2, 0) is 0 Å². The summed E-state index contributed by atoms with van der Waals surface area (Å²) in [6.45, 7) is 0.453. The first-order valence-electron chi connectivity index (χ1n) is 5.06. The average molecular weight is 377 g/mol. The highest BCUT2D eigenvalue weighted by Gasteiger charge is 2.14. The average Bonchev–Trinajstić information content (AvgIpc) is 2.75. The molecule has 0 saturated heterocycles. The second-order valence-electron chi connectivity index (χ2n) is 3.44. The van der Waals surface area contributed by atoms with Gasteiger partial charge in [-0.2, -0.15) is 0 Å². The number of ether oxygens (including phenoxy) is 1. The number of nitrogens with two attached hydrogens (primary N) is 1. The van der Waals surface area contributed by atoms with Crippen LogP contribution in [0.3, 0.4) is 0 Å². The molecular formula is C12H11Br2NOS. The zero-order valence-electron chi connectivity index (χ0n) is 8.90. The molecule has 2 rings (SSSR count). The van der Waals surface area contributed by atoms with E-state index in [1.807, 2.05) is 35.7 Å². The molecule has 1 aromatic carbocycles. The van der Waals surface area contributed by atoms with Crippen LogP contribution in [0.5, 0.6) is 5.75 Å². The number of para-hydroxylation sites is 1. The maximum absolute atomic E-state index is 5.91. The first kappa shape index (κ1) is 13.1. The van der Waals surface area contributed by atoms with Gasteiger partial charge in [0.2, 0.25) is 0 Å². The maximum Gasteiger partial charge on any atom is 0.145 e. The van der Waals surface area contributed by atoms with E-state index >= 15 is 0 Å². The Balaban J connectivity index is 2.18. The van der Waals surface area contributed by atoms with Crippen molar-refractivity contribution in [3.05, 3.63) is 49.5 Å². The normalized spacial score (nSPS) is 12.4.